The van der Waals surface area contributed by atoms with Gasteiger partial charge < -0.3 is 10.0 Å². The van der Waals surface area contributed by atoms with Crippen LogP contribution in [0, 0.1) is 5.92 Å². The van der Waals surface area contributed by atoms with Crippen LogP contribution in [0.5, 0.6) is 0 Å². The molecule has 0 radical (unpaired) electrons. The van der Waals surface area contributed by atoms with E-state index in [1.54, 1.807) is 0 Å². The van der Waals surface area contributed by atoms with Crippen molar-refractivity contribution in [2.45, 2.75) is 25.5 Å². The molecule has 1 N–H and O–H groups in total. The summed E-state index contributed by atoms with van der Waals surface area (Å²) in [6.07, 6.45) is 3.85. The first kappa shape index (κ1) is 10.6. The second-order valence-corrected chi connectivity index (χ2v) is 4.67. The molecule has 0 bridgehead atoms. The Balaban J connectivity index is 1.75. The first-order valence-corrected chi connectivity index (χ1v) is 5.48. The highest BCUT2D eigenvalue weighted by molar-refractivity contribution is 4.98. The van der Waals surface area contributed by atoms with Gasteiger partial charge in [-0.15, -0.1) is 0 Å². The van der Waals surface area contributed by atoms with E-state index in [4.69, 9.17) is 0 Å². The van der Waals surface area contributed by atoms with Gasteiger partial charge in [-0.2, -0.15) is 5.10 Å². The average Bonchev–Trinajstić information content (AvgIpc) is 2.48. The van der Waals surface area contributed by atoms with Gasteiger partial charge in [-0.1, -0.05) is 0 Å². The minimum absolute atomic E-state index is 0.0433. The summed E-state index contributed by atoms with van der Waals surface area (Å²) in [5.74, 6) is 0.675. The number of aromatic nitrogens is 2. The van der Waals surface area contributed by atoms with Crippen molar-refractivity contribution in [1.29, 1.82) is 0 Å². The molecule has 1 aliphatic rings. The van der Waals surface area contributed by atoms with Crippen LogP contribution >= 0.6 is 0 Å². The van der Waals surface area contributed by atoms with Gasteiger partial charge in [0, 0.05) is 26.3 Å². The third kappa shape index (κ3) is 2.79. The van der Waals surface area contributed by atoms with Crippen LogP contribution in [-0.4, -0.2) is 39.5 Å². The molecule has 1 aromatic heterocycles. The molecule has 0 unspecified atom stereocenters. The number of nitrogens with zero attached hydrogens (tertiary/aromatic N) is 3. The van der Waals surface area contributed by atoms with Crippen LogP contribution in [-0.2, 0) is 13.6 Å². The van der Waals surface area contributed by atoms with Gasteiger partial charge in [-0.05, 0) is 31.9 Å². The van der Waals surface area contributed by atoms with Crippen LogP contribution in [0.15, 0.2) is 12.3 Å². The highest BCUT2D eigenvalue weighted by atomic mass is 16.3. The van der Waals surface area contributed by atoms with Crippen LogP contribution in [0.1, 0.15) is 18.5 Å². The van der Waals surface area contributed by atoms with E-state index in [0.29, 0.717) is 5.92 Å². The van der Waals surface area contributed by atoms with Crippen molar-refractivity contribution in [1.82, 2.24) is 14.7 Å². The standard InChI is InChI=1S/C11H19N3O/c1-13(7-9-5-11(15)6-9)8-10-3-4-14(2)12-10/h3-4,9,11,15H,5-8H2,1-2H3. The third-order valence-corrected chi connectivity index (χ3v) is 2.98. The van der Waals surface area contributed by atoms with E-state index in [9.17, 15) is 5.11 Å². The molecule has 84 valence electrons. The molecule has 1 aliphatic carbocycles. The fourth-order valence-corrected chi connectivity index (χ4v) is 2.18. The monoisotopic (exact) mass is 209 g/mol. The Morgan fingerprint density at radius 2 is 2.33 bits per heavy atom. The Hall–Kier alpha value is -0.870. The Labute approximate surface area is 90.5 Å². The highest BCUT2D eigenvalue weighted by Gasteiger charge is 2.27. The summed E-state index contributed by atoms with van der Waals surface area (Å²) in [4.78, 5) is 2.28. The smallest absolute Gasteiger partial charge is 0.0764 e. The van der Waals surface area contributed by atoms with Gasteiger partial charge in [0.1, 0.15) is 0 Å². The van der Waals surface area contributed by atoms with Crippen molar-refractivity contribution < 1.29 is 5.11 Å². The van der Waals surface area contributed by atoms with E-state index in [0.717, 1.165) is 31.6 Å². The van der Waals surface area contributed by atoms with Crippen molar-refractivity contribution >= 4 is 0 Å². The molecule has 0 spiro atoms. The number of rotatable bonds is 4. The lowest BCUT2D eigenvalue weighted by atomic mass is 9.82. The maximum atomic E-state index is 9.19. The lowest BCUT2D eigenvalue weighted by Gasteiger charge is -2.34. The van der Waals surface area contributed by atoms with Gasteiger partial charge >= 0.3 is 0 Å². The average molecular weight is 209 g/mol. The largest absolute Gasteiger partial charge is 0.393 e. The molecule has 15 heavy (non-hydrogen) atoms. The minimum atomic E-state index is -0.0433. The molecule has 0 atom stereocenters. The molecular formula is C11H19N3O. The Kier molecular flexibility index (Phi) is 3.07. The summed E-state index contributed by atoms with van der Waals surface area (Å²) in [6, 6.07) is 2.05. The van der Waals surface area contributed by atoms with Gasteiger partial charge in [0.05, 0.1) is 11.8 Å². The van der Waals surface area contributed by atoms with E-state index >= 15 is 0 Å². The second-order valence-electron chi connectivity index (χ2n) is 4.67. The lowest BCUT2D eigenvalue weighted by molar-refractivity contribution is 0.0272. The van der Waals surface area contributed by atoms with E-state index in [-0.39, 0.29) is 6.10 Å². The summed E-state index contributed by atoms with van der Waals surface area (Å²) < 4.78 is 1.83. The molecule has 1 aromatic rings. The molecule has 4 nitrogen and oxygen atoms in total. The quantitative estimate of drug-likeness (QED) is 0.790. The van der Waals surface area contributed by atoms with Crippen molar-refractivity contribution in [2.24, 2.45) is 13.0 Å². The van der Waals surface area contributed by atoms with Gasteiger partial charge in [0.2, 0.25) is 0 Å². The molecule has 0 saturated heterocycles. The Morgan fingerprint density at radius 1 is 1.60 bits per heavy atom. The topological polar surface area (TPSA) is 41.3 Å². The molecule has 0 aliphatic heterocycles. The van der Waals surface area contributed by atoms with Gasteiger partial charge in [0.15, 0.2) is 0 Å². The van der Waals surface area contributed by atoms with Crippen LogP contribution in [0.2, 0.25) is 0 Å². The lowest BCUT2D eigenvalue weighted by Crippen LogP contribution is -2.36. The van der Waals surface area contributed by atoms with Crippen molar-refractivity contribution in [2.75, 3.05) is 13.6 Å². The van der Waals surface area contributed by atoms with E-state index < -0.39 is 0 Å². The molecule has 0 aromatic carbocycles. The number of aliphatic hydroxyl groups excluding tert-OH is 1. The summed E-state index contributed by atoms with van der Waals surface area (Å²) >= 11 is 0. The Bertz CT molecular complexity index is 317. The minimum Gasteiger partial charge on any atom is -0.393 e. The number of hydrogen-bond acceptors (Lipinski definition) is 3. The van der Waals surface area contributed by atoms with Crippen molar-refractivity contribution in [3.63, 3.8) is 0 Å². The molecule has 1 fully saturated rings. The predicted molar refractivity (Wildman–Crippen MR) is 58.3 cm³/mol. The normalized spacial score (nSPS) is 25.6. The fourth-order valence-electron chi connectivity index (χ4n) is 2.18. The summed E-state index contributed by atoms with van der Waals surface area (Å²) in [7, 11) is 4.05. The third-order valence-electron chi connectivity index (χ3n) is 2.98. The number of aryl methyl sites for hydroxylation is 1. The molecule has 0 amide bonds. The first-order chi connectivity index (χ1) is 7.13. The predicted octanol–water partition coefficient (Wildman–Crippen LogP) is 0.623. The zero-order valence-electron chi connectivity index (χ0n) is 9.43. The maximum Gasteiger partial charge on any atom is 0.0764 e. The Morgan fingerprint density at radius 3 is 2.87 bits per heavy atom. The fraction of sp³-hybridized carbons (Fsp3) is 0.727. The highest BCUT2D eigenvalue weighted by Crippen LogP contribution is 2.27. The van der Waals surface area contributed by atoms with E-state index in [1.807, 2.05) is 24.0 Å². The zero-order valence-corrected chi connectivity index (χ0v) is 9.43. The zero-order chi connectivity index (χ0) is 10.8. The van der Waals surface area contributed by atoms with E-state index in [1.165, 1.54) is 0 Å². The summed E-state index contributed by atoms with van der Waals surface area (Å²) in [5.41, 5.74) is 1.11. The first-order valence-electron chi connectivity index (χ1n) is 5.48. The van der Waals surface area contributed by atoms with Crippen LogP contribution in [0.4, 0.5) is 0 Å². The van der Waals surface area contributed by atoms with Gasteiger partial charge in [0.25, 0.3) is 0 Å². The second kappa shape index (κ2) is 4.33. The maximum absolute atomic E-state index is 9.19. The molecular weight excluding hydrogens is 190 g/mol. The molecule has 2 rings (SSSR count). The molecule has 4 heteroatoms. The van der Waals surface area contributed by atoms with Gasteiger partial charge in [-0.25, -0.2) is 0 Å². The van der Waals surface area contributed by atoms with Crippen molar-refractivity contribution in [3.8, 4) is 0 Å². The van der Waals surface area contributed by atoms with Crippen LogP contribution in [0.25, 0.3) is 0 Å². The van der Waals surface area contributed by atoms with Crippen LogP contribution in [0.3, 0.4) is 0 Å². The summed E-state index contributed by atoms with van der Waals surface area (Å²) in [5, 5.41) is 13.5. The summed E-state index contributed by atoms with van der Waals surface area (Å²) in [6.45, 7) is 1.96. The number of hydrogen-bond donors (Lipinski definition) is 1. The van der Waals surface area contributed by atoms with E-state index in [2.05, 4.69) is 17.0 Å². The van der Waals surface area contributed by atoms with Gasteiger partial charge in [-0.3, -0.25) is 4.68 Å². The number of aliphatic hydroxyl groups is 1. The van der Waals surface area contributed by atoms with Crippen molar-refractivity contribution in [3.05, 3.63) is 18.0 Å². The molecule has 1 saturated carbocycles. The van der Waals surface area contributed by atoms with Crippen LogP contribution < -0.4 is 0 Å². The SMILES string of the molecule is CN(Cc1ccn(C)n1)CC1CC(O)C1. The molecule has 1 heterocycles.